The maximum Gasteiger partial charge on any atom is 0.407 e. The van der Waals surface area contributed by atoms with Crippen LogP contribution in [0.3, 0.4) is 0 Å². The second kappa shape index (κ2) is 12.6. The minimum absolute atomic E-state index is 0.0370. The van der Waals surface area contributed by atoms with Gasteiger partial charge in [-0.1, -0.05) is 24.3 Å². The van der Waals surface area contributed by atoms with E-state index in [4.69, 9.17) is 15.7 Å². The Hall–Kier alpha value is -4.51. The third-order valence-corrected chi connectivity index (χ3v) is 8.75. The standard InChI is InChI=1S/C26H29N7O7S2/c27-24(32-12-14-33(15-13-32)26(35)36)19-2-1-3-21(16-19)31-25(34)30-20-6-10-23(11-7-20)42(39,40)29-17-18-4-8-22(9-5-18)41(28,37)38/h1-11,16,27,29H,12-15,17H2,(H,35,36)(H2,28,37,38)(H2,30,31,34). The smallest absolute Gasteiger partial charge is 0.407 e. The van der Waals surface area contributed by atoms with Gasteiger partial charge in [-0.05, 0) is 54.1 Å². The molecule has 1 aliphatic rings. The quantitative estimate of drug-likeness (QED) is 0.162. The van der Waals surface area contributed by atoms with E-state index in [0.29, 0.717) is 48.7 Å². The topological polar surface area (TPSA) is 215 Å². The Bertz CT molecular complexity index is 1690. The number of nitrogens with zero attached hydrogens (tertiary/aromatic N) is 2. The number of sulfonamides is 2. The summed E-state index contributed by atoms with van der Waals surface area (Å²) in [4.78, 5) is 26.6. The number of amidine groups is 1. The van der Waals surface area contributed by atoms with E-state index in [-0.39, 0.29) is 22.2 Å². The van der Waals surface area contributed by atoms with Gasteiger partial charge in [-0.2, -0.15) is 0 Å². The lowest BCUT2D eigenvalue weighted by molar-refractivity contribution is 0.124. The number of nitrogens with one attached hydrogen (secondary N) is 4. The molecule has 16 heteroatoms. The minimum atomic E-state index is -3.90. The zero-order valence-electron chi connectivity index (χ0n) is 22.1. The first-order chi connectivity index (χ1) is 19.8. The largest absolute Gasteiger partial charge is 0.465 e. The highest BCUT2D eigenvalue weighted by atomic mass is 32.2. The Labute approximate surface area is 242 Å². The van der Waals surface area contributed by atoms with Crippen LogP contribution in [-0.2, 0) is 26.6 Å². The van der Waals surface area contributed by atoms with E-state index in [1.807, 2.05) is 0 Å². The maximum absolute atomic E-state index is 12.7. The van der Waals surface area contributed by atoms with Crippen molar-refractivity contribution in [1.29, 1.82) is 5.41 Å². The number of rotatable bonds is 8. The summed E-state index contributed by atoms with van der Waals surface area (Å²) in [5.41, 5.74) is 1.85. The third-order valence-electron chi connectivity index (χ3n) is 6.40. The Morgan fingerprint density at radius 3 is 1.98 bits per heavy atom. The average molecular weight is 616 g/mol. The lowest BCUT2D eigenvalue weighted by Gasteiger charge is -2.34. The fourth-order valence-corrected chi connectivity index (χ4v) is 5.65. The molecule has 0 aromatic heterocycles. The molecule has 1 heterocycles. The van der Waals surface area contributed by atoms with Gasteiger partial charge in [0.05, 0.1) is 9.79 Å². The zero-order chi connectivity index (χ0) is 30.5. The highest BCUT2D eigenvalue weighted by Gasteiger charge is 2.23. The maximum atomic E-state index is 12.7. The number of urea groups is 1. The van der Waals surface area contributed by atoms with Crippen LogP contribution in [0.1, 0.15) is 11.1 Å². The van der Waals surface area contributed by atoms with Gasteiger partial charge < -0.3 is 25.5 Å². The van der Waals surface area contributed by atoms with Gasteiger partial charge in [0.2, 0.25) is 20.0 Å². The molecule has 4 rings (SSSR count). The molecule has 0 atom stereocenters. The van der Waals surface area contributed by atoms with Crippen molar-refractivity contribution in [3.63, 3.8) is 0 Å². The Kier molecular flexibility index (Phi) is 9.11. The van der Waals surface area contributed by atoms with Gasteiger partial charge in [-0.25, -0.2) is 36.3 Å². The molecule has 42 heavy (non-hydrogen) atoms. The summed E-state index contributed by atoms with van der Waals surface area (Å²) in [5.74, 6) is 0.218. The second-order valence-corrected chi connectivity index (χ2v) is 12.6. The molecule has 0 spiro atoms. The molecule has 222 valence electrons. The Morgan fingerprint density at radius 2 is 1.38 bits per heavy atom. The number of carboxylic acid groups (broad SMARTS) is 1. The van der Waals surface area contributed by atoms with Crippen molar-refractivity contribution in [3.05, 3.63) is 83.9 Å². The van der Waals surface area contributed by atoms with E-state index in [1.165, 1.54) is 53.4 Å². The van der Waals surface area contributed by atoms with Crippen molar-refractivity contribution in [3.8, 4) is 0 Å². The number of hydrogen-bond donors (Lipinski definition) is 6. The van der Waals surface area contributed by atoms with Crippen LogP contribution in [0.25, 0.3) is 0 Å². The first-order valence-electron chi connectivity index (χ1n) is 12.5. The van der Waals surface area contributed by atoms with Crippen molar-refractivity contribution in [2.45, 2.75) is 16.3 Å². The molecule has 0 bridgehead atoms. The Morgan fingerprint density at radius 1 is 0.810 bits per heavy atom. The predicted octanol–water partition coefficient (Wildman–Crippen LogP) is 2.08. The molecule has 3 aromatic carbocycles. The van der Waals surface area contributed by atoms with Gasteiger partial charge in [0.25, 0.3) is 0 Å². The predicted molar refractivity (Wildman–Crippen MR) is 155 cm³/mol. The lowest BCUT2D eigenvalue weighted by atomic mass is 10.1. The summed E-state index contributed by atoms with van der Waals surface area (Å²) < 4.78 is 50.5. The van der Waals surface area contributed by atoms with E-state index in [1.54, 1.807) is 29.2 Å². The number of carbonyl (C=O) groups excluding carboxylic acids is 1. The number of anilines is 2. The highest BCUT2D eigenvalue weighted by molar-refractivity contribution is 7.89. The summed E-state index contributed by atoms with van der Waals surface area (Å²) in [6.07, 6.45) is -0.987. The Balaban J connectivity index is 1.31. The molecule has 1 saturated heterocycles. The van der Waals surface area contributed by atoms with E-state index in [2.05, 4.69) is 15.4 Å². The number of primary sulfonamides is 1. The molecule has 1 aliphatic heterocycles. The molecular formula is C26H29N7O7S2. The van der Waals surface area contributed by atoms with Crippen LogP contribution < -0.4 is 20.5 Å². The van der Waals surface area contributed by atoms with Gasteiger partial charge in [0.15, 0.2) is 0 Å². The fourth-order valence-electron chi connectivity index (χ4n) is 4.12. The number of piperazine rings is 1. The second-order valence-electron chi connectivity index (χ2n) is 9.30. The summed E-state index contributed by atoms with van der Waals surface area (Å²) in [7, 11) is -7.75. The summed E-state index contributed by atoms with van der Waals surface area (Å²) in [6, 6.07) is 17.1. The lowest BCUT2D eigenvalue weighted by Crippen LogP contribution is -2.50. The number of nitrogens with two attached hydrogens (primary N) is 1. The van der Waals surface area contributed by atoms with E-state index in [0.717, 1.165) is 0 Å². The van der Waals surface area contributed by atoms with Gasteiger partial charge in [-0.3, -0.25) is 5.41 Å². The van der Waals surface area contributed by atoms with Gasteiger partial charge >= 0.3 is 12.1 Å². The number of carbonyl (C=O) groups is 2. The van der Waals surface area contributed by atoms with E-state index < -0.39 is 32.2 Å². The van der Waals surface area contributed by atoms with Crippen LogP contribution in [0.2, 0.25) is 0 Å². The van der Waals surface area contributed by atoms with Crippen LogP contribution >= 0.6 is 0 Å². The van der Waals surface area contributed by atoms with Crippen molar-refractivity contribution < 1.29 is 31.5 Å². The third kappa shape index (κ3) is 7.82. The van der Waals surface area contributed by atoms with Crippen LogP contribution in [0.5, 0.6) is 0 Å². The molecule has 3 aromatic rings. The van der Waals surface area contributed by atoms with Crippen molar-refractivity contribution in [2.24, 2.45) is 5.14 Å². The SMILES string of the molecule is N=C(c1cccc(NC(=O)Nc2ccc(S(=O)(=O)NCc3ccc(S(N)(=O)=O)cc3)cc2)c1)N1CCN(C(=O)O)CC1. The molecule has 0 unspecified atom stereocenters. The summed E-state index contributed by atoms with van der Waals surface area (Å²) >= 11 is 0. The molecule has 0 saturated carbocycles. The average Bonchev–Trinajstić information content (AvgIpc) is 2.96. The minimum Gasteiger partial charge on any atom is -0.465 e. The monoisotopic (exact) mass is 615 g/mol. The summed E-state index contributed by atoms with van der Waals surface area (Å²) in [6.45, 7) is 1.29. The van der Waals surface area contributed by atoms with E-state index >= 15 is 0 Å². The van der Waals surface area contributed by atoms with Crippen LogP contribution in [0.15, 0.2) is 82.6 Å². The van der Waals surface area contributed by atoms with Crippen molar-refractivity contribution in [2.75, 3.05) is 36.8 Å². The number of hydrogen-bond acceptors (Lipinski definition) is 7. The summed E-state index contributed by atoms with van der Waals surface area (Å²) in [5, 5.41) is 28.0. The van der Waals surface area contributed by atoms with Gasteiger partial charge in [-0.15, -0.1) is 0 Å². The molecule has 1 fully saturated rings. The van der Waals surface area contributed by atoms with Crippen LogP contribution in [0.4, 0.5) is 21.0 Å². The van der Waals surface area contributed by atoms with Crippen molar-refractivity contribution >= 4 is 49.4 Å². The van der Waals surface area contributed by atoms with Crippen LogP contribution in [-0.4, -0.2) is 75.9 Å². The first kappa shape index (κ1) is 30.4. The van der Waals surface area contributed by atoms with Crippen LogP contribution in [0, 0.1) is 5.41 Å². The van der Waals surface area contributed by atoms with Gasteiger partial charge in [0, 0.05) is 49.7 Å². The molecule has 0 aliphatic carbocycles. The molecule has 7 N–H and O–H groups in total. The zero-order valence-corrected chi connectivity index (χ0v) is 23.8. The normalized spacial score (nSPS) is 13.8. The molecule has 3 amide bonds. The van der Waals surface area contributed by atoms with Crippen molar-refractivity contribution in [1.82, 2.24) is 14.5 Å². The number of amides is 3. The molecular weight excluding hydrogens is 586 g/mol. The first-order valence-corrected chi connectivity index (χ1v) is 15.6. The van der Waals surface area contributed by atoms with E-state index in [9.17, 15) is 26.4 Å². The highest BCUT2D eigenvalue weighted by Crippen LogP contribution is 2.18. The number of benzene rings is 3. The molecule has 0 radical (unpaired) electrons. The molecule has 14 nitrogen and oxygen atoms in total. The van der Waals surface area contributed by atoms with Gasteiger partial charge in [0.1, 0.15) is 5.84 Å². The fraction of sp³-hybridized carbons (Fsp3) is 0.192.